The average molecular weight is 210 g/mol. The van der Waals surface area contributed by atoms with Crippen LogP contribution in [-0.4, -0.2) is 11.1 Å². The van der Waals surface area contributed by atoms with E-state index in [0.717, 1.165) is 18.8 Å². The Labute approximate surface area is 92.1 Å². The van der Waals surface area contributed by atoms with Crippen LogP contribution in [0.15, 0.2) is 0 Å². The fourth-order valence-corrected chi connectivity index (χ4v) is 3.90. The van der Waals surface area contributed by atoms with E-state index in [9.17, 15) is 9.90 Å². The molecule has 0 aliphatic heterocycles. The van der Waals surface area contributed by atoms with Gasteiger partial charge in [0.2, 0.25) is 0 Å². The number of carboxylic acids is 1. The first-order valence-electron chi connectivity index (χ1n) is 6.23. The molecule has 2 heteroatoms. The summed E-state index contributed by atoms with van der Waals surface area (Å²) in [6.45, 7) is 6.79. The zero-order valence-corrected chi connectivity index (χ0v) is 9.94. The molecule has 3 aliphatic rings. The summed E-state index contributed by atoms with van der Waals surface area (Å²) in [5.41, 5.74) is 0. The smallest absolute Gasteiger partial charge is 0.306 e. The second-order valence-electron chi connectivity index (χ2n) is 5.96. The van der Waals surface area contributed by atoms with Gasteiger partial charge in [-0.1, -0.05) is 20.8 Å². The Kier molecular flexibility index (Phi) is 2.78. The molecule has 3 fully saturated rings. The molecule has 0 radical (unpaired) electrons. The lowest BCUT2D eigenvalue weighted by molar-refractivity contribution is -0.152. The highest BCUT2D eigenvalue weighted by molar-refractivity contribution is 5.70. The Balaban J connectivity index is 2.19. The van der Waals surface area contributed by atoms with Crippen LogP contribution >= 0.6 is 0 Å². The molecule has 2 nitrogen and oxygen atoms in total. The van der Waals surface area contributed by atoms with Crippen LogP contribution in [0.2, 0.25) is 0 Å². The third-order valence-corrected chi connectivity index (χ3v) is 4.82. The van der Waals surface area contributed by atoms with Gasteiger partial charge in [-0.25, -0.2) is 0 Å². The van der Waals surface area contributed by atoms with Gasteiger partial charge in [0.15, 0.2) is 0 Å². The zero-order valence-electron chi connectivity index (χ0n) is 9.94. The maximum absolute atomic E-state index is 11.2. The molecule has 0 saturated heterocycles. The Bertz CT molecular complexity index is 259. The van der Waals surface area contributed by atoms with Crippen LogP contribution in [0.4, 0.5) is 0 Å². The van der Waals surface area contributed by atoms with Crippen LogP contribution in [0, 0.1) is 35.5 Å². The van der Waals surface area contributed by atoms with Crippen molar-refractivity contribution in [1.82, 2.24) is 0 Å². The maximum Gasteiger partial charge on any atom is 0.306 e. The van der Waals surface area contributed by atoms with Crippen LogP contribution < -0.4 is 0 Å². The summed E-state index contributed by atoms with van der Waals surface area (Å²) in [7, 11) is 0. The van der Waals surface area contributed by atoms with Gasteiger partial charge in [0, 0.05) is 0 Å². The molecule has 0 spiro atoms. The van der Waals surface area contributed by atoms with Crippen LogP contribution in [-0.2, 0) is 4.79 Å². The Hall–Kier alpha value is -0.530. The minimum atomic E-state index is -0.553. The normalized spacial score (nSPS) is 44.7. The average Bonchev–Trinajstić information content (AvgIpc) is 2.17. The molecule has 1 N–H and O–H groups in total. The van der Waals surface area contributed by atoms with Gasteiger partial charge in [0.1, 0.15) is 0 Å². The van der Waals surface area contributed by atoms with Gasteiger partial charge in [-0.2, -0.15) is 0 Å². The zero-order chi connectivity index (χ0) is 11.2. The standard InChI is InChI=1S/C13H22O2/c1-7(2)10-5-9-6-12(13(14)15)11(10)4-8(9)3/h7-12H,4-6H2,1-3H3,(H,14,15)/t8?,9-,10?,11?,12?/m0/s1. The van der Waals surface area contributed by atoms with E-state index in [-0.39, 0.29) is 5.92 Å². The molecule has 0 aromatic rings. The Morgan fingerprint density at radius 3 is 2.40 bits per heavy atom. The number of aliphatic carboxylic acids is 1. The van der Waals surface area contributed by atoms with Crippen molar-refractivity contribution in [1.29, 1.82) is 0 Å². The van der Waals surface area contributed by atoms with E-state index in [4.69, 9.17) is 0 Å². The molecule has 0 amide bonds. The predicted octanol–water partition coefficient (Wildman–Crippen LogP) is 3.03. The molecule has 0 aromatic heterocycles. The van der Waals surface area contributed by atoms with Crippen molar-refractivity contribution >= 4 is 5.97 Å². The summed E-state index contributed by atoms with van der Waals surface area (Å²) in [6.07, 6.45) is 3.35. The molecule has 3 aliphatic carbocycles. The molecule has 86 valence electrons. The first-order chi connectivity index (χ1) is 7.00. The van der Waals surface area contributed by atoms with Crippen molar-refractivity contribution < 1.29 is 9.90 Å². The van der Waals surface area contributed by atoms with E-state index in [0.29, 0.717) is 23.7 Å². The third kappa shape index (κ3) is 1.79. The molecule has 3 saturated carbocycles. The highest BCUT2D eigenvalue weighted by atomic mass is 16.4. The van der Waals surface area contributed by atoms with Crippen molar-refractivity contribution in [2.75, 3.05) is 0 Å². The molecule has 2 bridgehead atoms. The molecule has 5 atom stereocenters. The Morgan fingerprint density at radius 2 is 1.93 bits per heavy atom. The number of rotatable bonds is 2. The summed E-state index contributed by atoms with van der Waals surface area (Å²) in [5, 5.41) is 9.25. The second-order valence-corrected chi connectivity index (χ2v) is 5.96. The number of fused-ring (bicyclic) bond motifs is 3. The van der Waals surface area contributed by atoms with Crippen LogP contribution in [0.1, 0.15) is 40.0 Å². The van der Waals surface area contributed by atoms with Gasteiger partial charge in [-0.05, 0) is 48.9 Å². The minimum absolute atomic E-state index is 0.0488. The molecule has 0 aromatic carbocycles. The van der Waals surface area contributed by atoms with Crippen LogP contribution in [0.3, 0.4) is 0 Å². The van der Waals surface area contributed by atoms with Gasteiger partial charge in [-0.15, -0.1) is 0 Å². The summed E-state index contributed by atoms with van der Waals surface area (Å²) >= 11 is 0. The van der Waals surface area contributed by atoms with Crippen LogP contribution in [0.25, 0.3) is 0 Å². The first-order valence-corrected chi connectivity index (χ1v) is 6.23. The molecule has 4 unspecified atom stereocenters. The van der Waals surface area contributed by atoms with E-state index in [1.165, 1.54) is 6.42 Å². The summed E-state index contributed by atoms with van der Waals surface area (Å²) in [6, 6.07) is 0. The highest BCUT2D eigenvalue weighted by Gasteiger charge is 2.48. The topological polar surface area (TPSA) is 37.3 Å². The van der Waals surface area contributed by atoms with Gasteiger partial charge >= 0.3 is 5.97 Å². The van der Waals surface area contributed by atoms with Crippen molar-refractivity contribution in [2.24, 2.45) is 35.5 Å². The van der Waals surface area contributed by atoms with Crippen molar-refractivity contribution in [3.63, 3.8) is 0 Å². The predicted molar refractivity (Wildman–Crippen MR) is 59.4 cm³/mol. The Morgan fingerprint density at radius 1 is 1.27 bits per heavy atom. The third-order valence-electron chi connectivity index (χ3n) is 4.82. The van der Waals surface area contributed by atoms with E-state index in [1.807, 2.05) is 0 Å². The summed E-state index contributed by atoms with van der Waals surface area (Å²) in [4.78, 5) is 11.2. The van der Waals surface area contributed by atoms with Gasteiger partial charge in [0.25, 0.3) is 0 Å². The van der Waals surface area contributed by atoms with E-state index in [2.05, 4.69) is 20.8 Å². The fourth-order valence-electron chi connectivity index (χ4n) is 3.90. The summed E-state index contributed by atoms with van der Waals surface area (Å²) in [5.74, 6) is 2.56. The van der Waals surface area contributed by atoms with E-state index >= 15 is 0 Å². The molecular formula is C13H22O2. The molecule has 15 heavy (non-hydrogen) atoms. The minimum Gasteiger partial charge on any atom is -0.481 e. The first kappa shape index (κ1) is 11.0. The monoisotopic (exact) mass is 210 g/mol. The van der Waals surface area contributed by atoms with Gasteiger partial charge < -0.3 is 5.11 Å². The quantitative estimate of drug-likeness (QED) is 0.760. The number of hydrogen-bond donors (Lipinski definition) is 1. The van der Waals surface area contributed by atoms with E-state index in [1.54, 1.807) is 0 Å². The van der Waals surface area contributed by atoms with Crippen molar-refractivity contribution in [3.05, 3.63) is 0 Å². The number of hydrogen-bond acceptors (Lipinski definition) is 1. The SMILES string of the molecule is CC(C)C1C[C@H]2CC(C(=O)O)C1CC2C. The lowest BCUT2D eigenvalue weighted by Gasteiger charge is -2.51. The molecule has 0 heterocycles. The highest BCUT2D eigenvalue weighted by Crippen LogP contribution is 2.53. The van der Waals surface area contributed by atoms with Crippen molar-refractivity contribution in [3.8, 4) is 0 Å². The largest absolute Gasteiger partial charge is 0.481 e. The van der Waals surface area contributed by atoms with Crippen LogP contribution in [0.5, 0.6) is 0 Å². The fraction of sp³-hybridized carbons (Fsp3) is 0.923. The number of carbonyl (C=O) groups is 1. The lowest BCUT2D eigenvalue weighted by Crippen LogP contribution is -2.46. The van der Waals surface area contributed by atoms with E-state index < -0.39 is 5.97 Å². The molecular weight excluding hydrogens is 188 g/mol. The van der Waals surface area contributed by atoms with Crippen molar-refractivity contribution in [2.45, 2.75) is 40.0 Å². The molecule has 3 rings (SSSR count). The van der Waals surface area contributed by atoms with Gasteiger partial charge in [-0.3, -0.25) is 4.79 Å². The maximum atomic E-state index is 11.2. The number of carboxylic acid groups (broad SMARTS) is 1. The lowest BCUT2D eigenvalue weighted by atomic mass is 9.54. The second kappa shape index (κ2) is 3.80. The van der Waals surface area contributed by atoms with Gasteiger partial charge in [0.05, 0.1) is 5.92 Å². The summed E-state index contributed by atoms with van der Waals surface area (Å²) < 4.78 is 0.